The predicted molar refractivity (Wildman–Crippen MR) is 98.1 cm³/mol. The summed E-state index contributed by atoms with van der Waals surface area (Å²) >= 11 is 0. The lowest BCUT2D eigenvalue weighted by molar-refractivity contribution is 0.621. The summed E-state index contributed by atoms with van der Waals surface area (Å²) < 4.78 is 14.5. The van der Waals surface area contributed by atoms with Crippen LogP contribution < -0.4 is 0 Å². The van der Waals surface area contributed by atoms with Crippen molar-refractivity contribution in [2.24, 2.45) is 0 Å². The molecule has 0 heterocycles. The molecule has 3 aromatic carbocycles. The molecule has 0 radical (unpaired) electrons. The first-order chi connectivity index (χ1) is 12.3. The summed E-state index contributed by atoms with van der Waals surface area (Å²) in [5.41, 5.74) is 2.53. The van der Waals surface area contributed by atoms with Gasteiger partial charge >= 0.3 is 0 Å². The van der Waals surface area contributed by atoms with E-state index in [4.69, 9.17) is 0 Å². The van der Waals surface area contributed by atoms with E-state index in [0.29, 0.717) is 11.1 Å². The lowest BCUT2D eigenvalue weighted by Gasteiger charge is -2.14. The second-order valence-corrected chi connectivity index (χ2v) is 4.99. The van der Waals surface area contributed by atoms with Gasteiger partial charge in [-0.1, -0.05) is 74.5 Å². The van der Waals surface area contributed by atoms with Crippen LogP contribution in [0.3, 0.4) is 0 Å². The Morgan fingerprint density at radius 3 is 1.76 bits per heavy atom. The fourth-order valence-corrected chi connectivity index (χ4v) is 2.60. The van der Waals surface area contributed by atoms with Crippen molar-refractivity contribution in [1.82, 2.24) is 0 Å². The third-order valence-corrected chi connectivity index (χ3v) is 3.64. The van der Waals surface area contributed by atoms with E-state index >= 15 is 0 Å². The van der Waals surface area contributed by atoms with E-state index in [2.05, 4.69) is 0 Å². The summed E-state index contributed by atoms with van der Waals surface area (Å²) in [5.74, 6) is -0.770. The van der Waals surface area contributed by atoms with Crippen LogP contribution in [-0.4, -0.2) is 0 Å². The number of hydrogen-bond acceptors (Lipinski definition) is 2. The normalized spacial score (nSPS) is 9.32. The van der Waals surface area contributed by atoms with Crippen LogP contribution in [-0.2, 0) is 0 Å². The molecule has 25 heavy (non-hydrogen) atoms. The van der Waals surface area contributed by atoms with Crippen molar-refractivity contribution >= 4 is 0 Å². The van der Waals surface area contributed by atoms with Crippen molar-refractivity contribution < 1.29 is 4.39 Å². The molecule has 3 aromatic rings. The van der Waals surface area contributed by atoms with E-state index in [9.17, 15) is 14.9 Å². The Morgan fingerprint density at radius 1 is 0.760 bits per heavy atom. The first kappa shape index (κ1) is 17.9. The summed E-state index contributed by atoms with van der Waals surface area (Å²) in [6.07, 6.45) is 0. The molecule has 0 atom stereocenters. The molecule has 0 aliphatic rings. The smallest absolute Gasteiger partial charge is 0.159 e. The third-order valence-electron chi connectivity index (χ3n) is 3.64. The highest BCUT2D eigenvalue weighted by molar-refractivity contribution is 5.88. The van der Waals surface area contributed by atoms with E-state index in [-0.39, 0.29) is 11.1 Å². The van der Waals surface area contributed by atoms with Crippen LogP contribution in [0, 0.1) is 28.5 Å². The van der Waals surface area contributed by atoms with Crippen LogP contribution in [0.1, 0.15) is 25.0 Å². The summed E-state index contributed by atoms with van der Waals surface area (Å²) in [7, 11) is 0. The second kappa shape index (κ2) is 8.43. The highest BCUT2D eigenvalue weighted by atomic mass is 19.1. The maximum Gasteiger partial charge on any atom is 0.159 e. The highest BCUT2D eigenvalue weighted by Gasteiger charge is 2.20. The Hall–Kier alpha value is -3.43. The molecule has 0 aliphatic carbocycles. The van der Waals surface area contributed by atoms with Crippen molar-refractivity contribution in [2.45, 2.75) is 13.8 Å². The number of nitriles is 2. The number of hydrogen-bond donors (Lipinski definition) is 0. The van der Waals surface area contributed by atoms with Gasteiger partial charge in [0.25, 0.3) is 0 Å². The number of nitrogens with zero attached hydrogens (tertiary/aromatic N) is 2. The summed E-state index contributed by atoms with van der Waals surface area (Å²) in [6, 6.07) is 23.8. The SMILES string of the molecule is CC.N#Cc1cc(-c2ccccc2)c(-c2ccccc2)c(C#N)c1F. The first-order valence-corrected chi connectivity index (χ1v) is 8.03. The van der Waals surface area contributed by atoms with Crippen LogP contribution >= 0.6 is 0 Å². The molecule has 2 nitrogen and oxygen atoms in total. The van der Waals surface area contributed by atoms with Crippen molar-refractivity contribution in [3.05, 3.63) is 83.7 Å². The molecule has 0 N–H and O–H groups in total. The van der Waals surface area contributed by atoms with Crippen LogP contribution in [0.25, 0.3) is 22.3 Å². The van der Waals surface area contributed by atoms with E-state index in [1.807, 2.05) is 86.6 Å². The van der Waals surface area contributed by atoms with E-state index in [0.717, 1.165) is 11.1 Å². The molecule has 0 bridgehead atoms. The maximum absolute atomic E-state index is 14.5. The molecule has 0 aliphatic heterocycles. The van der Waals surface area contributed by atoms with Crippen molar-refractivity contribution in [3.63, 3.8) is 0 Å². The minimum Gasteiger partial charge on any atom is -0.204 e. The number of halogens is 1. The van der Waals surface area contributed by atoms with Gasteiger partial charge in [-0.2, -0.15) is 10.5 Å². The predicted octanol–water partition coefficient (Wildman–Crippen LogP) is 5.93. The molecule has 0 aromatic heterocycles. The molecule has 0 unspecified atom stereocenters. The van der Waals surface area contributed by atoms with Gasteiger partial charge in [-0.05, 0) is 22.8 Å². The zero-order valence-electron chi connectivity index (χ0n) is 14.1. The molecule has 122 valence electrons. The highest BCUT2D eigenvalue weighted by Crippen LogP contribution is 2.37. The molecule has 0 spiro atoms. The average molecular weight is 328 g/mol. The van der Waals surface area contributed by atoms with Gasteiger partial charge < -0.3 is 0 Å². The van der Waals surface area contributed by atoms with Gasteiger partial charge in [0.1, 0.15) is 12.1 Å². The Kier molecular flexibility index (Phi) is 6.04. The zero-order valence-corrected chi connectivity index (χ0v) is 14.1. The second-order valence-electron chi connectivity index (χ2n) is 4.99. The van der Waals surface area contributed by atoms with Gasteiger partial charge in [-0.3, -0.25) is 0 Å². The molecule has 3 rings (SSSR count). The zero-order chi connectivity index (χ0) is 18.2. The van der Waals surface area contributed by atoms with Crippen molar-refractivity contribution in [3.8, 4) is 34.4 Å². The van der Waals surface area contributed by atoms with E-state index < -0.39 is 5.82 Å². The molecule has 3 heteroatoms. The Balaban J connectivity index is 0.00000109. The summed E-state index contributed by atoms with van der Waals surface area (Å²) in [4.78, 5) is 0. The van der Waals surface area contributed by atoms with E-state index in [1.165, 1.54) is 6.07 Å². The van der Waals surface area contributed by atoms with Crippen LogP contribution in [0.5, 0.6) is 0 Å². The molecule has 0 amide bonds. The lowest BCUT2D eigenvalue weighted by Crippen LogP contribution is -1.98. The first-order valence-electron chi connectivity index (χ1n) is 8.03. The molecular weight excluding hydrogens is 311 g/mol. The molecule has 0 saturated carbocycles. The largest absolute Gasteiger partial charge is 0.204 e. The van der Waals surface area contributed by atoms with E-state index in [1.54, 1.807) is 0 Å². The van der Waals surface area contributed by atoms with Gasteiger partial charge in [0.05, 0.1) is 11.1 Å². The minimum atomic E-state index is -0.770. The van der Waals surface area contributed by atoms with Crippen LogP contribution in [0.15, 0.2) is 66.7 Å². The molecule has 0 fully saturated rings. The third kappa shape index (κ3) is 3.57. The van der Waals surface area contributed by atoms with Crippen LogP contribution in [0.2, 0.25) is 0 Å². The summed E-state index contributed by atoms with van der Waals surface area (Å²) in [5, 5.41) is 18.6. The van der Waals surface area contributed by atoms with Gasteiger partial charge in [0.15, 0.2) is 5.82 Å². The van der Waals surface area contributed by atoms with Crippen LogP contribution in [0.4, 0.5) is 4.39 Å². The number of rotatable bonds is 2. The van der Waals surface area contributed by atoms with Gasteiger partial charge in [0.2, 0.25) is 0 Å². The average Bonchev–Trinajstić information content (AvgIpc) is 2.70. The standard InChI is InChI=1S/C20H11FN2.C2H6/c21-20-16(12-22)11-17(14-7-3-1-4-8-14)19(18(20)13-23)15-9-5-2-6-10-15;1-2/h1-11H;1-2H3. The number of benzene rings is 3. The lowest BCUT2D eigenvalue weighted by atomic mass is 9.89. The Morgan fingerprint density at radius 2 is 1.28 bits per heavy atom. The molecule has 0 saturated heterocycles. The van der Waals surface area contributed by atoms with Gasteiger partial charge in [-0.25, -0.2) is 4.39 Å². The fraction of sp³-hybridized carbons (Fsp3) is 0.0909. The fourth-order valence-electron chi connectivity index (χ4n) is 2.60. The van der Waals surface area contributed by atoms with Gasteiger partial charge in [0, 0.05) is 5.56 Å². The summed E-state index contributed by atoms with van der Waals surface area (Å²) in [6.45, 7) is 4.00. The van der Waals surface area contributed by atoms with Gasteiger partial charge in [-0.15, -0.1) is 0 Å². The topological polar surface area (TPSA) is 47.6 Å². The minimum absolute atomic E-state index is 0.103. The van der Waals surface area contributed by atoms with Crippen molar-refractivity contribution in [2.75, 3.05) is 0 Å². The molecular formula is C22H17FN2. The quantitative estimate of drug-likeness (QED) is 0.585. The van der Waals surface area contributed by atoms with Crippen molar-refractivity contribution in [1.29, 1.82) is 10.5 Å². The maximum atomic E-state index is 14.5. The monoisotopic (exact) mass is 328 g/mol. The Bertz CT molecular complexity index is 934. The Labute approximate surface area is 147 Å².